The van der Waals surface area contributed by atoms with E-state index < -0.39 is 0 Å². The van der Waals surface area contributed by atoms with Gasteiger partial charge in [0.2, 0.25) is 0 Å². The number of hydrogen-bond acceptors (Lipinski definition) is 2. The van der Waals surface area contributed by atoms with Gasteiger partial charge in [0.1, 0.15) is 0 Å². The van der Waals surface area contributed by atoms with E-state index in [1.807, 2.05) is 11.3 Å². The summed E-state index contributed by atoms with van der Waals surface area (Å²) in [5, 5.41) is 2.15. The predicted molar refractivity (Wildman–Crippen MR) is 82.8 cm³/mol. The van der Waals surface area contributed by atoms with Crippen LogP contribution in [0.15, 0.2) is 46.3 Å². The van der Waals surface area contributed by atoms with E-state index in [0.29, 0.717) is 6.04 Å². The number of hydrogen-bond donors (Lipinski definition) is 0. The summed E-state index contributed by atoms with van der Waals surface area (Å²) in [5.74, 6) is 0. The molecule has 1 aromatic carbocycles. The summed E-state index contributed by atoms with van der Waals surface area (Å²) in [5.41, 5.74) is 1.38. The van der Waals surface area contributed by atoms with Gasteiger partial charge < -0.3 is 0 Å². The number of benzene rings is 1. The van der Waals surface area contributed by atoms with E-state index in [1.165, 1.54) is 14.9 Å². The van der Waals surface area contributed by atoms with Crippen molar-refractivity contribution >= 4 is 27.3 Å². The van der Waals surface area contributed by atoms with Crippen LogP contribution in [-0.4, -0.2) is 10.9 Å². The van der Waals surface area contributed by atoms with E-state index in [4.69, 9.17) is 0 Å². The van der Waals surface area contributed by atoms with E-state index in [0.717, 1.165) is 13.1 Å². The minimum Gasteiger partial charge on any atom is -0.292 e. The van der Waals surface area contributed by atoms with Gasteiger partial charge in [-0.2, -0.15) is 0 Å². The van der Waals surface area contributed by atoms with Crippen LogP contribution < -0.4 is 0 Å². The first kappa shape index (κ1) is 13.8. The molecule has 2 rings (SSSR count). The Kier molecular flexibility index (Phi) is 4.98. The largest absolute Gasteiger partial charge is 0.292 e. The van der Waals surface area contributed by atoms with Crippen molar-refractivity contribution in [2.75, 3.05) is 0 Å². The van der Waals surface area contributed by atoms with Gasteiger partial charge >= 0.3 is 0 Å². The van der Waals surface area contributed by atoms with Crippen molar-refractivity contribution in [3.8, 4) is 0 Å². The van der Waals surface area contributed by atoms with Crippen molar-refractivity contribution in [2.24, 2.45) is 0 Å². The van der Waals surface area contributed by atoms with Gasteiger partial charge in [0.05, 0.1) is 0 Å². The third-order valence-corrected chi connectivity index (χ3v) is 4.62. The molecule has 0 unspecified atom stereocenters. The van der Waals surface area contributed by atoms with Crippen molar-refractivity contribution in [1.82, 2.24) is 4.90 Å². The molecule has 0 fully saturated rings. The molecular weight excluding hydrogens is 306 g/mol. The average Bonchev–Trinajstić information content (AvgIpc) is 2.75. The van der Waals surface area contributed by atoms with Gasteiger partial charge in [-0.1, -0.05) is 30.3 Å². The molecule has 18 heavy (non-hydrogen) atoms. The minimum absolute atomic E-state index is 0.547. The van der Waals surface area contributed by atoms with Crippen LogP contribution >= 0.6 is 27.3 Å². The Balaban J connectivity index is 2.05. The SMILES string of the molecule is CC(C)N(Cc1ccccc1)Cc1cc(Br)cs1. The molecule has 0 saturated carbocycles. The van der Waals surface area contributed by atoms with E-state index in [-0.39, 0.29) is 0 Å². The molecule has 0 spiro atoms. The van der Waals surface area contributed by atoms with Gasteiger partial charge in [-0.15, -0.1) is 11.3 Å². The van der Waals surface area contributed by atoms with Crippen LogP contribution in [0.5, 0.6) is 0 Å². The topological polar surface area (TPSA) is 3.24 Å². The maximum absolute atomic E-state index is 3.52. The van der Waals surface area contributed by atoms with Gasteiger partial charge in [-0.05, 0) is 41.4 Å². The molecule has 0 aliphatic carbocycles. The summed E-state index contributed by atoms with van der Waals surface area (Å²) < 4.78 is 1.19. The van der Waals surface area contributed by atoms with Gasteiger partial charge in [-0.25, -0.2) is 0 Å². The lowest BCUT2D eigenvalue weighted by atomic mass is 10.2. The molecule has 0 saturated heterocycles. The lowest BCUT2D eigenvalue weighted by molar-refractivity contribution is 0.205. The zero-order valence-corrected chi connectivity index (χ0v) is 13.2. The zero-order chi connectivity index (χ0) is 13.0. The first-order valence-electron chi connectivity index (χ1n) is 6.16. The maximum Gasteiger partial charge on any atom is 0.0334 e. The fourth-order valence-corrected chi connectivity index (χ4v) is 3.35. The first-order valence-corrected chi connectivity index (χ1v) is 7.83. The van der Waals surface area contributed by atoms with Crippen LogP contribution in [0.25, 0.3) is 0 Å². The monoisotopic (exact) mass is 323 g/mol. The van der Waals surface area contributed by atoms with Gasteiger partial charge in [0.15, 0.2) is 0 Å². The fourth-order valence-electron chi connectivity index (χ4n) is 1.88. The highest BCUT2D eigenvalue weighted by Crippen LogP contribution is 2.22. The van der Waals surface area contributed by atoms with E-state index in [9.17, 15) is 0 Å². The van der Waals surface area contributed by atoms with Crippen molar-refractivity contribution in [3.05, 3.63) is 56.7 Å². The van der Waals surface area contributed by atoms with Crippen LogP contribution in [-0.2, 0) is 13.1 Å². The Morgan fingerprint density at radius 2 is 1.89 bits per heavy atom. The van der Waals surface area contributed by atoms with Crippen LogP contribution in [0.2, 0.25) is 0 Å². The molecular formula is C15H18BrNS. The molecule has 2 aromatic rings. The molecule has 0 radical (unpaired) electrons. The number of thiophene rings is 1. The van der Waals surface area contributed by atoms with Crippen molar-refractivity contribution in [3.63, 3.8) is 0 Å². The third-order valence-electron chi connectivity index (χ3n) is 2.94. The second kappa shape index (κ2) is 6.50. The van der Waals surface area contributed by atoms with Crippen molar-refractivity contribution in [1.29, 1.82) is 0 Å². The van der Waals surface area contributed by atoms with E-state index in [1.54, 1.807) is 0 Å². The van der Waals surface area contributed by atoms with Crippen LogP contribution in [0.4, 0.5) is 0 Å². The van der Waals surface area contributed by atoms with Crippen LogP contribution in [0.1, 0.15) is 24.3 Å². The highest BCUT2D eigenvalue weighted by molar-refractivity contribution is 9.10. The maximum atomic E-state index is 3.52. The Hall–Kier alpha value is -0.640. The summed E-state index contributed by atoms with van der Waals surface area (Å²) in [6.45, 7) is 6.54. The van der Waals surface area contributed by atoms with Gasteiger partial charge in [-0.3, -0.25) is 4.90 Å². The molecule has 0 aliphatic rings. The number of halogens is 1. The highest BCUT2D eigenvalue weighted by Gasteiger charge is 2.11. The quantitative estimate of drug-likeness (QED) is 0.754. The third kappa shape index (κ3) is 3.94. The summed E-state index contributed by atoms with van der Waals surface area (Å²) in [4.78, 5) is 3.90. The summed E-state index contributed by atoms with van der Waals surface area (Å²) in [6.07, 6.45) is 0. The van der Waals surface area contributed by atoms with Crippen molar-refractivity contribution in [2.45, 2.75) is 33.0 Å². The van der Waals surface area contributed by atoms with Crippen molar-refractivity contribution < 1.29 is 0 Å². The molecule has 1 nitrogen and oxygen atoms in total. The summed E-state index contributed by atoms with van der Waals surface area (Å²) in [6, 6.07) is 13.4. The molecule has 1 heterocycles. The second-order valence-electron chi connectivity index (χ2n) is 4.72. The molecule has 1 aromatic heterocycles. The standard InChI is InChI=1S/C15H18BrNS/c1-12(2)17(9-13-6-4-3-5-7-13)10-15-8-14(16)11-18-15/h3-8,11-12H,9-10H2,1-2H3. The minimum atomic E-state index is 0.547. The molecule has 0 atom stereocenters. The molecule has 0 bridgehead atoms. The smallest absolute Gasteiger partial charge is 0.0334 e. The highest BCUT2D eigenvalue weighted by atomic mass is 79.9. The predicted octanol–water partition coefficient (Wildman–Crippen LogP) is 4.92. The number of rotatable bonds is 5. The Morgan fingerprint density at radius 1 is 1.17 bits per heavy atom. The Bertz CT molecular complexity index is 478. The van der Waals surface area contributed by atoms with Gasteiger partial charge in [0, 0.05) is 33.9 Å². The zero-order valence-electron chi connectivity index (χ0n) is 10.8. The second-order valence-corrected chi connectivity index (χ2v) is 6.63. The van der Waals surface area contributed by atoms with Crippen LogP contribution in [0.3, 0.4) is 0 Å². The van der Waals surface area contributed by atoms with Gasteiger partial charge in [0.25, 0.3) is 0 Å². The first-order chi connectivity index (χ1) is 8.65. The number of nitrogens with zero attached hydrogens (tertiary/aromatic N) is 1. The lowest BCUT2D eigenvalue weighted by Gasteiger charge is -2.26. The molecule has 3 heteroatoms. The fraction of sp³-hybridized carbons (Fsp3) is 0.333. The van der Waals surface area contributed by atoms with Crippen LogP contribution in [0, 0.1) is 0 Å². The molecule has 0 N–H and O–H groups in total. The molecule has 0 aliphatic heterocycles. The Morgan fingerprint density at radius 3 is 2.44 bits per heavy atom. The lowest BCUT2D eigenvalue weighted by Crippen LogP contribution is -2.29. The Labute approximate surface area is 122 Å². The average molecular weight is 324 g/mol. The summed E-state index contributed by atoms with van der Waals surface area (Å²) in [7, 11) is 0. The van der Waals surface area contributed by atoms with E-state index in [2.05, 4.69) is 76.5 Å². The molecule has 96 valence electrons. The normalized spacial score (nSPS) is 11.4. The molecule has 0 amide bonds. The summed E-state index contributed by atoms with van der Waals surface area (Å²) >= 11 is 5.34. The van der Waals surface area contributed by atoms with E-state index >= 15 is 0 Å².